The minimum absolute atomic E-state index is 0.199. The van der Waals surface area contributed by atoms with Crippen molar-refractivity contribution in [2.24, 2.45) is 0 Å². The van der Waals surface area contributed by atoms with E-state index < -0.39 is 0 Å². The third kappa shape index (κ3) is 3.47. The Hall–Kier alpha value is -3.38. The standard InChI is InChI=1S/C20H15ClN4O2/c21-15-2-4-16(5-3-15)25-18(26)6-1-14-11-17(24-19(14)25)20(27)23-12-13-7-9-22-10-8-13/h1-11,24H,12H2,(H,23,27). The van der Waals surface area contributed by atoms with Gasteiger partial charge in [0.2, 0.25) is 0 Å². The number of amides is 1. The van der Waals surface area contributed by atoms with Crippen molar-refractivity contribution in [2.45, 2.75) is 6.54 Å². The zero-order chi connectivity index (χ0) is 18.8. The molecule has 0 aliphatic carbocycles. The Labute approximate surface area is 159 Å². The van der Waals surface area contributed by atoms with E-state index in [9.17, 15) is 9.59 Å². The highest BCUT2D eigenvalue weighted by Crippen LogP contribution is 2.19. The van der Waals surface area contributed by atoms with Gasteiger partial charge in [0.15, 0.2) is 0 Å². The van der Waals surface area contributed by atoms with E-state index in [1.807, 2.05) is 12.1 Å². The summed E-state index contributed by atoms with van der Waals surface area (Å²) in [6.45, 7) is 0.390. The van der Waals surface area contributed by atoms with Gasteiger partial charge in [-0.2, -0.15) is 0 Å². The van der Waals surface area contributed by atoms with E-state index in [0.29, 0.717) is 28.6 Å². The zero-order valence-electron chi connectivity index (χ0n) is 14.1. The van der Waals surface area contributed by atoms with E-state index in [1.54, 1.807) is 48.8 Å². The molecule has 27 heavy (non-hydrogen) atoms. The van der Waals surface area contributed by atoms with E-state index in [1.165, 1.54) is 10.6 Å². The minimum Gasteiger partial charge on any atom is -0.347 e. The van der Waals surface area contributed by atoms with Gasteiger partial charge in [-0.15, -0.1) is 0 Å². The van der Waals surface area contributed by atoms with Crippen LogP contribution in [-0.4, -0.2) is 20.4 Å². The zero-order valence-corrected chi connectivity index (χ0v) is 14.9. The van der Waals surface area contributed by atoms with Crippen LogP contribution in [0.1, 0.15) is 16.1 Å². The van der Waals surface area contributed by atoms with Crippen molar-refractivity contribution in [3.05, 3.63) is 93.6 Å². The van der Waals surface area contributed by atoms with Gasteiger partial charge in [0.25, 0.3) is 11.5 Å². The van der Waals surface area contributed by atoms with Gasteiger partial charge in [0, 0.05) is 35.4 Å². The largest absolute Gasteiger partial charge is 0.347 e. The molecule has 1 aromatic carbocycles. The number of pyridine rings is 2. The highest BCUT2D eigenvalue weighted by Gasteiger charge is 2.13. The summed E-state index contributed by atoms with van der Waals surface area (Å²) in [6, 6.07) is 15.5. The highest BCUT2D eigenvalue weighted by molar-refractivity contribution is 6.30. The number of nitrogens with one attached hydrogen (secondary N) is 2. The maximum atomic E-state index is 12.5. The fourth-order valence-corrected chi connectivity index (χ4v) is 2.99. The van der Waals surface area contributed by atoms with Gasteiger partial charge >= 0.3 is 0 Å². The number of hydrogen-bond donors (Lipinski definition) is 2. The predicted molar refractivity (Wildman–Crippen MR) is 104 cm³/mol. The van der Waals surface area contributed by atoms with E-state index in [2.05, 4.69) is 15.3 Å². The van der Waals surface area contributed by atoms with Crippen molar-refractivity contribution in [3.8, 4) is 5.69 Å². The van der Waals surface area contributed by atoms with Crippen molar-refractivity contribution in [3.63, 3.8) is 0 Å². The maximum Gasteiger partial charge on any atom is 0.268 e. The molecule has 2 N–H and O–H groups in total. The van der Waals surface area contributed by atoms with E-state index in [4.69, 9.17) is 11.6 Å². The molecule has 0 aliphatic rings. The average molecular weight is 379 g/mol. The number of H-pyrrole nitrogens is 1. The number of fused-ring (bicyclic) bond motifs is 1. The smallest absolute Gasteiger partial charge is 0.268 e. The van der Waals surface area contributed by atoms with Crippen LogP contribution >= 0.6 is 11.6 Å². The minimum atomic E-state index is -0.252. The summed E-state index contributed by atoms with van der Waals surface area (Å²) >= 11 is 5.94. The quantitative estimate of drug-likeness (QED) is 0.571. The maximum absolute atomic E-state index is 12.5. The molecule has 7 heteroatoms. The number of carbonyl (C=O) groups is 1. The lowest BCUT2D eigenvalue weighted by atomic mass is 10.2. The number of hydrogen-bond acceptors (Lipinski definition) is 3. The normalized spacial score (nSPS) is 10.9. The number of carbonyl (C=O) groups excluding carboxylic acids is 1. The summed E-state index contributed by atoms with van der Waals surface area (Å²) in [6.07, 6.45) is 3.35. The first kappa shape index (κ1) is 17.1. The van der Waals surface area contributed by atoms with Crippen LogP contribution in [0.4, 0.5) is 0 Å². The Bertz CT molecular complexity index is 1160. The molecular formula is C20H15ClN4O2. The molecule has 4 rings (SSSR count). The van der Waals surface area contributed by atoms with Crippen LogP contribution in [0.2, 0.25) is 5.02 Å². The first-order chi connectivity index (χ1) is 13.1. The number of benzene rings is 1. The molecule has 3 heterocycles. The van der Waals surface area contributed by atoms with E-state index in [-0.39, 0.29) is 11.5 Å². The number of nitrogens with zero attached hydrogens (tertiary/aromatic N) is 2. The van der Waals surface area contributed by atoms with Gasteiger partial charge in [0.1, 0.15) is 11.3 Å². The topological polar surface area (TPSA) is 79.8 Å². The second kappa shape index (κ2) is 7.09. The van der Waals surface area contributed by atoms with Gasteiger partial charge in [-0.05, 0) is 54.1 Å². The molecule has 0 spiro atoms. The second-order valence-electron chi connectivity index (χ2n) is 6.01. The monoisotopic (exact) mass is 378 g/mol. The van der Waals surface area contributed by atoms with Gasteiger partial charge < -0.3 is 10.3 Å². The number of aromatic amines is 1. The van der Waals surface area contributed by atoms with Gasteiger partial charge in [-0.3, -0.25) is 19.1 Å². The van der Waals surface area contributed by atoms with Gasteiger partial charge in [-0.1, -0.05) is 11.6 Å². The van der Waals surface area contributed by atoms with Crippen molar-refractivity contribution in [1.29, 1.82) is 0 Å². The fraction of sp³-hybridized carbons (Fsp3) is 0.0500. The van der Waals surface area contributed by atoms with Crippen LogP contribution in [0.3, 0.4) is 0 Å². The second-order valence-corrected chi connectivity index (χ2v) is 6.44. The summed E-state index contributed by atoms with van der Waals surface area (Å²) in [5.41, 5.74) is 2.36. The average Bonchev–Trinajstić information content (AvgIpc) is 3.12. The van der Waals surface area contributed by atoms with Crippen molar-refractivity contribution in [2.75, 3.05) is 0 Å². The SMILES string of the molecule is O=C(NCc1ccncc1)c1cc2ccc(=O)n(-c3ccc(Cl)cc3)c2[nH]1. The molecule has 0 bridgehead atoms. The summed E-state index contributed by atoms with van der Waals surface area (Å²) in [5, 5.41) is 4.20. The molecule has 0 unspecified atom stereocenters. The molecule has 0 saturated heterocycles. The number of halogens is 1. The molecule has 0 atom stereocenters. The van der Waals surface area contributed by atoms with E-state index in [0.717, 1.165) is 10.9 Å². The van der Waals surface area contributed by atoms with Gasteiger partial charge in [-0.25, -0.2) is 0 Å². The van der Waals surface area contributed by atoms with E-state index >= 15 is 0 Å². The van der Waals surface area contributed by atoms with Crippen LogP contribution in [0.25, 0.3) is 16.7 Å². The first-order valence-electron chi connectivity index (χ1n) is 8.29. The van der Waals surface area contributed by atoms with Crippen molar-refractivity contribution >= 4 is 28.5 Å². The van der Waals surface area contributed by atoms with Crippen molar-refractivity contribution < 1.29 is 4.79 Å². The Morgan fingerprint density at radius 3 is 2.56 bits per heavy atom. The Morgan fingerprint density at radius 2 is 1.81 bits per heavy atom. The molecule has 4 aromatic rings. The van der Waals surface area contributed by atoms with Crippen LogP contribution in [0.15, 0.2) is 71.8 Å². The molecule has 1 amide bonds. The highest BCUT2D eigenvalue weighted by atomic mass is 35.5. The summed E-state index contributed by atoms with van der Waals surface area (Å²) in [7, 11) is 0. The van der Waals surface area contributed by atoms with Crippen molar-refractivity contribution in [1.82, 2.24) is 19.9 Å². The number of aromatic nitrogens is 3. The summed E-state index contributed by atoms with van der Waals surface area (Å²) < 4.78 is 1.52. The first-order valence-corrected chi connectivity index (χ1v) is 8.67. The number of rotatable bonds is 4. The fourth-order valence-electron chi connectivity index (χ4n) is 2.86. The molecular weight excluding hydrogens is 364 g/mol. The molecule has 0 fully saturated rings. The van der Waals surface area contributed by atoms with Gasteiger partial charge in [0.05, 0.1) is 5.69 Å². The molecule has 0 saturated carbocycles. The van der Waals surface area contributed by atoms with Crippen LogP contribution < -0.4 is 10.9 Å². The van der Waals surface area contributed by atoms with Crippen LogP contribution in [-0.2, 0) is 6.54 Å². The van der Waals surface area contributed by atoms with Crippen LogP contribution in [0, 0.1) is 0 Å². The molecule has 134 valence electrons. The Kier molecular flexibility index (Phi) is 4.48. The third-order valence-corrected chi connectivity index (χ3v) is 4.46. The molecule has 0 radical (unpaired) electrons. The lowest BCUT2D eigenvalue weighted by Gasteiger charge is -2.07. The van der Waals surface area contributed by atoms with Crippen LogP contribution in [0.5, 0.6) is 0 Å². The molecule has 6 nitrogen and oxygen atoms in total. The molecule has 3 aromatic heterocycles. The third-order valence-electron chi connectivity index (χ3n) is 4.21. The summed E-state index contributed by atoms with van der Waals surface area (Å²) in [5.74, 6) is -0.252. The Morgan fingerprint density at radius 1 is 1.07 bits per heavy atom. The predicted octanol–water partition coefficient (Wildman–Crippen LogP) is 3.30. The molecule has 0 aliphatic heterocycles. The lowest BCUT2D eigenvalue weighted by Crippen LogP contribution is -2.23. The Balaban J connectivity index is 1.68. The summed E-state index contributed by atoms with van der Waals surface area (Å²) in [4.78, 5) is 31.9. The lowest BCUT2D eigenvalue weighted by molar-refractivity contribution is 0.0946.